The van der Waals surface area contributed by atoms with Gasteiger partial charge in [-0.15, -0.1) is 0 Å². The van der Waals surface area contributed by atoms with Crippen LogP contribution in [-0.2, 0) is 28.4 Å². The zero-order chi connectivity index (χ0) is 20.2. The molecule has 6 heteroatoms. The molecule has 2 rings (SSSR count). The second-order valence-corrected chi connectivity index (χ2v) is 10.6. The zero-order valence-corrected chi connectivity index (χ0v) is 18.3. The van der Waals surface area contributed by atoms with E-state index in [1.807, 2.05) is 6.92 Å². The van der Waals surface area contributed by atoms with Gasteiger partial charge in [0.05, 0.1) is 5.75 Å². The highest BCUT2D eigenvalue weighted by Gasteiger charge is 2.25. The minimum absolute atomic E-state index is 0.0264. The van der Waals surface area contributed by atoms with Crippen LogP contribution in [-0.4, -0.2) is 43.3 Å². The van der Waals surface area contributed by atoms with Crippen molar-refractivity contribution in [3.05, 3.63) is 28.8 Å². The number of aryl methyl sites for hydroxylation is 1. The fraction of sp³-hybridized carbons (Fsp3) is 0.714. The number of sulfonamides is 1. The van der Waals surface area contributed by atoms with Gasteiger partial charge < -0.3 is 5.11 Å². The van der Waals surface area contributed by atoms with Gasteiger partial charge in [-0.25, -0.2) is 13.1 Å². The third-order valence-corrected chi connectivity index (χ3v) is 6.90. The van der Waals surface area contributed by atoms with Gasteiger partial charge >= 0.3 is 0 Å². The monoisotopic (exact) mass is 396 g/mol. The van der Waals surface area contributed by atoms with E-state index in [1.54, 1.807) is 0 Å². The minimum atomic E-state index is -3.15. The van der Waals surface area contributed by atoms with Crippen LogP contribution >= 0.6 is 0 Å². The molecular weight excluding hydrogens is 360 g/mol. The van der Waals surface area contributed by atoms with Gasteiger partial charge in [0.25, 0.3) is 0 Å². The van der Waals surface area contributed by atoms with Crippen LogP contribution in [0.15, 0.2) is 12.1 Å². The SMILES string of the molecule is CCCS(=O)(=O)NC1CCN(Cc2cc(CC)cc(C(C)(C)C)c2O)CC1. The first-order valence-electron chi connectivity index (χ1n) is 10.1. The molecule has 0 spiro atoms. The van der Waals surface area contributed by atoms with Gasteiger partial charge in [-0.05, 0) is 42.2 Å². The molecule has 27 heavy (non-hydrogen) atoms. The fourth-order valence-corrected chi connectivity index (χ4v) is 5.09. The van der Waals surface area contributed by atoms with Crippen LogP contribution in [0.4, 0.5) is 0 Å². The lowest BCUT2D eigenvalue weighted by Crippen LogP contribution is -2.44. The first-order chi connectivity index (χ1) is 12.6. The van der Waals surface area contributed by atoms with Crippen LogP contribution in [0, 0.1) is 0 Å². The number of piperidine rings is 1. The molecular formula is C21H36N2O3S. The average molecular weight is 397 g/mol. The summed E-state index contributed by atoms with van der Waals surface area (Å²) in [5.41, 5.74) is 3.12. The topological polar surface area (TPSA) is 69.6 Å². The van der Waals surface area contributed by atoms with Crippen LogP contribution in [0.25, 0.3) is 0 Å². The molecule has 0 saturated carbocycles. The third-order valence-electron chi connectivity index (χ3n) is 5.27. The number of phenolic OH excluding ortho intramolecular Hbond substituents is 1. The molecule has 1 aliphatic rings. The summed E-state index contributed by atoms with van der Waals surface area (Å²) >= 11 is 0. The molecule has 0 amide bonds. The Morgan fingerprint density at radius 3 is 2.33 bits per heavy atom. The van der Waals surface area contributed by atoms with Gasteiger partial charge in [0, 0.05) is 31.2 Å². The van der Waals surface area contributed by atoms with Crippen LogP contribution in [0.2, 0.25) is 0 Å². The molecule has 0 unspecified atom stereocenters. The van der Waals surface area contributed by atoms with E-state index in [4.69, 9.17) is 0 Å². The van der Waals surface area contributed by atoms with E-state index < -0.39 is 10.0 Å². The predicted molar refractivity (Wildman–Crippen MR) is 112 cm³/mol. The summed E-state index contributed by atoms with van der Waals surface area (Å²) in [7, 11) is -3.15. The number of hydrogen-bond donors (Lipinski definition) is 2. The first kappa shape index (κ1) is 22.2. The number of nitrogens with zero attached hydrogens (tertiary/aromatic N) is 1. The Hall–Kier alpha value is -1.11. The van der Waals surface area contributed by atoms with Crippen molar-refractivity contribution < 1.29 is 13.5 Å². The largest absolute Gasteiger partial charge is 0.507 e. The number of nitrogens with one attached hydrogen (secondary N) is 1. The van der Waals surface area contributed by atoms with Gasteiger partial charge in [0.1, 0.15) is 5.75 Å². The summed E-state index contributed by atoms with van der Waals surface area (Å²) < 4.78 is 26.8. The highest BCUT2D eigenvalue weighted by molar-refractivity contribution is 7.89. The van der Waals surface area contributed by atoms with Gasteiger partial charge in [-0.3, -0.25) is 4.90 Å². The summed E-state index contributed by atoms with van der Waals surface area (Å²) in [6.45, 7) is 12.8. The Bertz CT molecular complexity index is 731. The number of phenols is 1. The Morgan fingerprint density at radius 1 is 1.19 bits per heavy atom. The Kier molecular flexibility index (Phi) is 7.33. The van der Waals surface area contributed by atoms with Crippen molar-refractivity contribution in [3.8, 4) is 5.75 Å². The maximum Gasteiger partial charge on any atom is 0.211 e. The van der Waals surface area contributed by atoms with Gasteiger partial charge in [0.2, 0.25) is 10.0 Å². The van der Waals surface area contributed by atoms with E-state index in [2.05, 4.69) is 49.4 Å². The van der Waals surface area contributed by atoms with Gasteiger partial charge in [-0.1, -0.05) is 46.8 Å². The molecule has 1 fully saturated rings. The number of hydrogen-bond acceptors (Lipinski definition) is 4. The fourth-order valence-electron chi connectivity index (χ4n) is 3.69. The van der Waals surface area contributed by atoms with E-state index in [-0.39, 0.29) is 17.2 Å². The maximum absolute atomic E-state index is 12.0. The molecule has 2 N–H and O–H groups in total. The molecule has 1 saturated heterocycles. The average Bonchev–Trinajstić information content (AvgIpc) is 2.57. The van der Waals surface area contributed by atoms with Crippen molar-refractivity contribution in [2.75, 3.05) is 18.8 Å². The molecule has 0 aliphatic carbocycles. The van der Waals surface area contributed by atoms with Crippen molar-refractivity contribution in [3.63, 3.8) is 0 Å². The highest BCUT2D eigenvalue weighted by atomic mass is 32.2. The van der Waals surface area contributed by atoms with Crippen molar-refractivity contribution in [2.45, 2.75) is 78.3 Å². The van der Waals surface area contributed by atoms with E-state index in [0.717, 1.165) is 43.5 Å². The Morgan fingerprint density at radius 2 is 1.81 bits per heavy atom. The lowest BCUT2D eigenvalue weighted by molar-refractivity contribution is 0.198. The lowest BCUT2D eigenvalue weighted by Gasteiger charge is -2.33. The van der Waals surface area contributed by atoms with Gasteiger partial charge in [0.15, 0.2) is 0 Å². The third kappa shape index (κ3) is 6.19. The number of aromatic hydroxyl groups is 1. The summed E-state index contributed by atoms with van der Waals surface area (Å²) in [6.07, 6.45) is 3.20. The molecule has 1 aromatic carbocycles. The van der Waals surface area contributed by atoms with Crippen LogP contribution in [0.5, 0.6) is 5.75 Å². The standard InChI is InChI=1S/C21H36N2O3S/c1-6-12-27(25,26)22-18-8-10-23(11-9-18)15-17-13-16(7-2)14-19(20(17)24)21(3,4)5/h13-14,18,22,24H,6-12,15H2,1-5H3. The molecule has 0 aromatic heterocycles. The molecule has 1 aromatic rings. The summed E-state index contributed by atoms with van der Waals surface area (Å²) in [6, 6.07) is 4.26. The van der Waals surface area contributed by atoms with Crippen molar-refractivity contribution >= 4 is 10.0 Å². The minimum Gasteiger partial charge on any atom is -0.507 e. The summed E-state index contributed by atoms with van der Waals surface area (Å²) in [5.74, 6) is 0.603. The van der Waals surface area contributed by atoms with Crippen molar-refractivity contribution in [1.82, 2.24) is 9.62 Å². The van der Waals surface area contributed by atoms with E-state index in [1.165, 1.54) is 5.56 Å². The summed E-state index contributed by atoms with van der Waals surface area (Å²) in [5, 5.41) is 10.8. The normalized spacial score (nSPS) is 17.4. The molecule has 0 radical (unpaired) electrons. The molecule has 0 bridgehead atoms. The maximum atomic E-state index is 12.0. The molecule has 1 aliphatic heterocycles. The zero-order valence-electron chi connectivity index (χ0n) is 17.5. The van der Waals surface area contributed by atoms with Crippen LogP contribution in [0.3, 0.4) is 0 Å². The Labute approximate surface area is 165 Å². The number of benzene rings is 1. The van der Waals surface area contributed by atoms with E-state index in [9.17, 15) is 13.5 Å². The predicted octanol–water partition coefficient (Wildman–Crippen LogP) is 3.55. The van der Waals surface area contributed by atoms with E-state index in [0.29, 0.717) is 18.7 Å². The lowest BCUT2D eigenvalue weighted by atomic mass is 9.83. The highest BCUT2D eigenvalue weighted by Crippen LogP contribution is 2.35. The Balaban J connectivity index is 2.05. The molecule has 154 valence electrons. The number of rotatable bonds is 7. The van der Waals surface area contributed by atoms with Crippen molar-refractivity contribution in [1.29, 1.82) is 0 Å². The molecule has 0 atom stereocenters. The smallest absolute Gasteiger partial charge is 0.211 e. The molecule has 5 nitrogen and oxygen atoms in total. The molecule has 1 heterocycles. The van der Waals surface area contributed by atoms with E-state index >= 15 is 0 Å². The second-order valence-electron chi connectivity index (χ2n) is 8.74. The first-order valence-corrected chi connectivity index (χ1v) is 11.8. The second kappa shape index (κ2) is 8.93. The quantitative estimate of drug-likeness (QED) is 0.739. The number of likely N-dealkylation sites (tertiary alicyclic amines) is 1. The summed E-state index contributed by atoms with van der Waals surface area (Å²) in [4.78, 5) is 2.31. The van der Waals surface area contributed by atoms with Crippen LogP contribution in [0.1, 0.15) is 70.6 Å². The van der Waals surface area contributed by atoms with Crippen molar-refractivity contribution in [2.24, 2.45) is 0 Å². The van der Waals surface area contributed by atoms with Crippen LogP contribution < -0.4 is 4.72 Å². The van der Waals surface area contributed by atoms with Gasteiger partial charge in [-0.2, -0.15) is 0 Å².